The Labute approximate surface area is 407 Å². The maximum absolute atomic E-state index is 12.0. The van der Waals surface area contributed by atoms with Gasteiger partial charge in [-0.2, -0.15) is 0 Å². The number of carboxylic acid groups (broad SMARTS) is 1. The molecular weight excluding hydrogens is 932 g/mol. The van der Waals surface area contributed by atoms with Gasteiger partial charge in [0.2, 0.25) is 0 Å². The quantitative estimate of drug-likeness (QED) is 0.0297. The predicted molar refractivity (Wildman–Crippen MR) is 241 cm³/mol. The van der Waals surface area contributed by atoms with Crippen LogP contribution in [-0.2, 0) is 52.2 Å². The number of hydrogen-bond donors (Lipinski definition) is 12. The number of aliphatic hydroxyl groups is 11. The van der Waals surface area contributed by atoms with Crippen molar-refractivity contribution in [2.75, 3.05) is 19.8 Å². The maximum Gasteiger partial charge on any atom is 0.317 e. The molecule has 4 aliphatic rings. The first-order chi connectivity index (χ1) is 32.9. The van der Waals surface area contributed by atoms with Gasteiger partial charge in [-0.3, -0.25) is 9.59 Å². The van der Waals surface area contributed by atoms with Crippen molar-refractivity contribution in [3.05, 3.63) is 47.6 Å². The molecule has 4 saturated heterocycles. The third-order valence-electron chi connectivity index (χ3n) is 12.9. The molecule has 23 nitrogen and oxygen atoms in total. The Morgan fingerprint density at radius 3 is 1.56 bits per heavy atom. The maximum atomic E-state index is 12.0. The Balaban J connectivity index is 1.22. The highest BCUT2D eigenvalue weighted by Crippen LogP contribution is 2.34. The van der Waals surface area contributed by atoms with Gasteiger partial charge >= 0.3 is 11.9 Å². The third kappa shape index (κ3) is 16.3. The Morgan fingerprint density at radius 2 is 1.06 bits per heavy atom. The summed E-state index contributed by atoms with van der Waals surface area (Å²) in [6, 6.07) is 0. The summed E-state index contributed by atoms with van der Waals surface area (Å²) >= 11 is 0. The second-order valence-electron chi connectivity index (χ2n) is 18.8. The molecule has 0 aromatic carbocycles. The van der Waals surface area contributed by atoms with Crippen molar-refractivity contribution in [1.29, 1.82) is 0 Å². The number of hydrogen-bond acceptors (Lipinski definition) is 22. The van der Waals surface area contributed by atoms with E-state index < -0.39 is 160 Å². The van der Waals surface area contributed by atoms with Crippen LogP contribution in [0, 0.1) is 0 Å². The molecule has 0 aromatic rings. The van der Waals surface area contributed by atoms with Gasteiger partial charge in [-0.15, -0.1) is 6.58 Å². The normalized spacial score (nSPS) is 39.8. The lowest BCUT2D eigenvalue weighted by molar-refractivity contribution is -0.363. The van der Waals surface area contributed by atoms with Crippen LogP contribution in [0.25, 0.3) is 0 Å². The Kier molecular flexibility index (Phi) is 23.4. The number of aliphatic hydroxyl groups excluding tert-OH is 11. The van der Waals surface area contributed by atoms with E-state index >= 15 is 0 Å². The number of esters is 1. The standard InChI is InChI=1S/C47H76O23/c1-8-47(7,70-46-40(61)36(57)41(27(19-48)66-46)68-44-37(58)33(54)31(52)25(5)64-44)17-11-16-23(3)13-9-12-22(2)14-10-15-24(4)20-63-43-39(60)35(56)42(28(67-43)21-62-30(51)18-29(49)50)69-45-38(59)34(55)32(53)26(6)65-45/h8,12,15-16,25-28,31-46,48,52-61H,1,9-11,13-14,17-21H2,2-7H3,(H,49,50)/b22-12+,23-16+,24-15-/t25-,26-,27+,28+,31-,32-,33+,34+,35+,36+,37+,38+,39+,40+,41+,42+,43+,44-,45-,46-,47+/m0/s1. The highest BCUT2D eigenvalue weighted by atomic mass is 16.8. The first-order valence-corrected chi connectivity index (χ1v) is 23.5. The summed E-state index contributed by atoms with van der Waals surface area (Å²) in [5.41, 5.74) is 2.01. The van der Waals surface area contributed by atoms with Crippen molar-refractivity contribution >= 4 is 11.9 Å². The average molecular weight is 1010 g/mol. The van der Waals surface area contributed by atoms with Crippen LogP contribution in [0.4, 0.5) is 0 Å². The molecule has 23 heteroatoms. The van der Waals surface area contributed by atoms with Gasteiger partial charge in [-0.25, -0.2) is 0 Å². The molecule has 70 heavy (non-hydrogen) atoms. The fourth-order valence-electron chi connectivity index (χ4n) is 8.22. The molecule has 0 bridgehead atoms. The minimum Gasteiger partial charge on any atom is -0.481 e. The lowest BCUT2D eigenvalue weighted by Crippen LogP contribution is -2.64. The topological polar surface area (TPSA) is 360 Å². The molecule has 0 spiro atoms. The summed E-state index contributed by atoms with van der Waals surface area (Å²) in [4.78, 5) is 23.0. The van der Waals surface area contributed by atoms with Gasteiger partial charge in [0.1, 0.15) is 98.5 Å². The Morgan fingerprint density at radius 1 is 0.600 bits per heavy atom. The van der Waals surface area contributed by atoms with E-state index in [1.165, 1.54) is 13.8 Å². The van der Waals surface area contributed by atoms with Crippen LogP contribution in [0.3, 0.4) is 0 Å². The zero-order chi connectivity index (χ0) is 52.2. The molecule has 402 valence electrons. The summed E-state index contributed by atoms with van der Waals surface area (Å²) in [6.07, 6.45) is -19.0. The number of rotatable bonds is 24. The van der Waals surface area contributed by atoms with Crippen LogP contribution in [-0.4, -0.2) is 221 Å². The van der Waals surface area contributed by atoms with Crippen LogP contribution in [0.15, 0.2) is 47.6 Å². The van der Waals surface area contributed by atoms with E-state index in [1.807, 2.05) is 19.9 Å². The number of aliphatic carboxylic acids is 1. The zero-order valence-electron chi connectivity index (χ0n) is 40.5. The molecule has 4 rings (SSSR count). The monoisotopic (exact) mass is 1010 g/mol. The fraction of sp³-hybridized carbons (Fsp3) is 0.787. The van der Waals surface area contributed by atoms with E-state index in [4.69, 9.17) is 47.7 Å². The lowest BCUT2D eigenvalue weighted by Gasteiger charge is -2.47. The number of carboxylic acids is 1. The SMILES string of the molecule is C=C[C@](C)(CC/C=C(\C)CC/C=C(\C)CC/C=C(/C)CO[C@@H]1O[C@H](COC(=O)CC(=O)O)[C@@H](O[C@@H]2O[C@@H](C)[C@H](O)[C@@H](O)[C@H]2O)[C@H](O)[C@H]1O)O[C@@H]1O[C@H](CO)[C@@H](O[C@@H]2O[C@@H](C)[C@H](O)[C@@H](O)[C@H]2O)[C@H](O)[C@H]1O. The second kappa shape index (κ2) is 27.4. The first-order valence-electron chi connectivity index (χ1n) is 23.5. The van der Waals surface area contributed by atoms with Gasteiger partial charge in [-0.05, 0) is 80.1 Å². The number of allylic oxidation sites excluding steroid dienone is 5. The van der Waals surface area contributed by atoms with E-state index in [-0.39, 0.29) is 6.61 Å². The average Bonchev–Trinajstić information content (AvgIpc) is 3.31. The van der Waals surface area contributed by atoms with E-state index in [0.717, 1.165) is 36.0 Å². The number of ether oxygens (including phenoxy) is 9. The predicted octanol–water partition coefficient (Wildman–Crippen LogP) is -1.53. The smallest absolute Gasteiger partial charge is 0.317 e. The van der Waals surface area contributed by atoms with Crippen LogP contribution in [0.1, 0.15) is 86.5 Å². The summed E-state index contributed by atoms with van der Waals surface area (Å²) < 4.78 is 50.9. The summed E-state index contributed by atoms with van der Waals surface area (Å²) in [6.45, 7) is 13.0. The Hall–Kier alpha value is -2.86. The molecule has 0 amide bonds. The molecule has 4 fully saturated rings. The molecule has 0 aromatic heterocycles. The summed E-state index contributed by atoms with van der Waals surface area (Å²) in [7, 11) is 0. The molecule has 0 radical (unpaired) electrons. The van der Waals surface area contributed by atoms with Gasteiger partial charge in [0.25, 0.3) is 0 Å². The van der Waals surface area contributed by atoms with Crippen molar-refractivity contribution < 1.29 is 113 Å². The van der Waals surface area contributed by atoms with Gasteiger partial charge in [0.05, 0.1) is 31.0 Å². The van der Waals surface area contributed by atoms with Crippen molar-refractivity contribution in [3.63, 3.8) is 0 Å². The van der Waals surface area contributed by atoms with Crippen LogP contribution in [0.2, 0.25) is 0 Å². The summed E-state index contributed by atoms with van der Waals surface area (Å²) in [5, 5.41) is 124. The molecule has 0 unspecified atom stereocenters. The molecular formula is C47H76O23. The van der Waals surface area contributed by atoms with E-state index in [0.29, 0.717) is 19.3 Å². The third-order valence-corrected chi connectivity index (χ3v) is 12.9. The van der Waals surface area contributed by atoms with Crippen molar-refractivity contribution in [2.24, 2.45) is 0 Å². The second-order valence-corrected chi connectivity index (χ2v) is 18.8. The fourth-order valence-corrected chi connectivity index (χ4v) is 8.22. The first kappa shape index (κ1) is 59.7. The minimum atomic E-state index is -1.77. The minimum absolute atomic E-state index is 0.0318. The number of carbonyl (C=O) groups is 2. The van der Waals surface area contributed by atoms with E-state index in [9.17, 15) is 65.8 Å². The van der Waals surface area contributed by atoms with Gasteiger partial charge < -0.3 is 104 Å². The highest BCUT2D eigenvalue weighted by Gasteiger charge is 2.53. The lowest BCUT2D eigenvalue weighted by atomic mass is 9.95. The van der Waals surface area contributed by atoms with Gasteiger partial charge in [0, 0.05) is 0 Å². The van der Waals surface area contributed by atoms with Crippen LogP contribution < -0.4 is 0 Å². The molecule has 0 aliphatic carbocycles. The van der Waals surface area contributed by atoms with Crippen LogP contribution >= 0.6 is 0 Å². The largest absolute Gasteiger partial charge is 0.481 e. The highest BCUT2D eigenvalue weighted by molar-refractivity contribution is 5.90. The van der Waals surface area contributed by atoms with E-state index in [1.54, 1.807) is 19.9 Å². The van der Waals surface area contributed by atoms with Crippen molar-refractivity contribution in [3.8, 4) is 0 Å². The zero-order valence-corrected chi connectivity index (χ0v) is 40.5. The van der Waals surface area contributed by atoms with Gasteiger partial charge in [0.15, 0.2) is 25.2 Å². The molecule has 0 saturated carbocycles. The van der Waals surface area contributed by atoms with Crippen molar-refractivity contribution in [1.82, 2.24) is 0 Å². The van der Waals surface area contributed by atoms with Gasteiger partial charge in [-0.1, -0.05) is 41.0 Å². The molecule has 12 N–H and O–H groups in total. The molecule has 4 heterocycles. The Bertz CT molecular complexity index is 1760. The molecule has 4 aliphatic heterocycles. The number of carbonyl (C=O) groups excluding carboxylic acids is 1. The summed E-state index contributed by atoms with van der Waals surface area (Å²) in [5.74, 6) is -2.56. The van der Waals surface area contributed by atoms with Crippen molar-refractivity contribution in [2.45, 2.75) is 215 Å². The van der Waals surface area contributed by atoms with E-state index in [2.05, 4.69) is 18.7 Å². The molecule has 21 atom stereocenters. The van der Waals surface area contributed by atoms with Crippen LogP contribution in [0.5, 0.6) is 0 Å².